The van der Waals surface area contributed by atoms with Crippen molar-refractivity contribution < 1.29 is 17.9 Å². The van der Waals surface area contributed by atoms with E-state index in [1.807, 2.05) is 6.92 Å². The summed E-state index contributed by atoms with van der Waals surface area (Å²) < 4.78 is 30.2. The van der Waals surface area contributed by atoms with Gasteiger partial charge in [0.25, 0.3) is 0 Å². The lowest BCUT2D eigenvalue weighted by Gasteiger charge is -2.34. The molecule has 0 spiro atoms. The molecule has 0 aromatic carbocycles. The highest BCUT2D eigenvalue weighted by Crippen LogP contribution is 2.09. The van der Waals surface area contributed by atoms with Crippen LogP contribution in [0.3, 0.4) is 0 Å². The van der Waals surface area contributed by atoms with Crippen LogP contribution in [0.1, 0.15) is 13.3 Å². The van der Waals surface area contributed by atoms with Gasteiger partial charge in [0.05, 0.1) is 18.9 Å². The van der Waals surface area contributed by atoms with Crippen LogP contribution < -0.4 is 5.32 Å². The number of piperazine rings is 1. The predicted molar refractivity (Wildman–Crippen MR) is 77.0 cm³/mol. The summed E-state index contributed by atoms with van der Waals surface area (Å²) in [5, 5.41) is 3.00. The van der Waals surface area contributed by atoms with Crippen LogP contribution in [-0.4, -0.2) is 82.3 Å². The van der Waals surface area contributed by atoms with Crippen LogP contribution in [0.5, 0.6) is 0 Å². The third-order valence-electron chi connectivity index (χ3n) is 3.21. The van der Waals surface area contributed by atoms with Crippen molar-refractivity contribution in [1.29, 1.82) is 0 Å². The molecule has 118 valence electrons. The van der Waals surface area contributed by atoms with E-state index in [9.17, 15) is 13.2 Å². The number of hydrogen-bond donors (Lipinski definition) is 1. The molecule has 0 saturated carbocycles. The van der Waals surface area contributed by atoms with Crippen molar-refractivity contribution in [3.8, 4) is 0 Å². The molecule has 7 nitrogen and oxygen atoms in total. The van der Waals surface area contributed by atoms with Gasteiger partial charge in [0, 0.05) is 39.8 Å². The largest absolute Gasteiger partial charge is 0.383 e. The normalized spacial score (nSPS) is 17.4. The summed E-state index contributed by atoms with van der Waals surface area (Å²) in [6.45, 7) is 5.04. The minimum atomic E-state index is -3.14. The molecule has 1 N–H and O–H groups in total. The summed E-state index contributed by atoms with van der Waals surface area (Å²) in [6.07, 6.45) is 0.616. The number of carbonyl (C=O) groups is 1. The van der Waals surface area contributed by atoms with Crippen LogP contribution in [0.25, 0.3) is 0 Å². The first-order chi connectivity index (χ1) is 9.51. The minimum Gasteiger partial charge on any atom is -0.383 e. The Labute approximate surface area is 121 Å². The van der Waals surface area contributed by atoms with E-state index in [1.54, 1.807) is 12.0 Å². The smallest absolute Gasteiger partial charge is 0.236 e. The van der Waals surface area contributed by atoms with Gasteiger partial charge in [0.2, 0.25) is 15.9 Å². The highest BCUT2D eigenvalue weighted by atomic mass is 32.2. The molecule has 0 bridgehead atoms. The van der Waals surface area contributed by atoms with Gasteiger partial charge in [-0.2, -0.15) is 4.31 Å². The maximum Gasteiger partial charge on any atom is 0.236 e. The molecule has 1 heterocycles. The number of hydrogen-bond acceptors (Lipinski definition) is 5. The predicted octanol–water partition coefficient (Wildman–Crippen LogP) is -0.894. The van der Waals surface area contributed by atoms with Gasteiger partial charge in [-0.3, -0.25) is 4.79 Å². The molecule has 1 rings (SSSR count). The van der Waals surface area contributed by atoms with E-state index in [4.69, 9.17) is 4.74 Å². The van der Waals surface area contributed by atoms with Crippen LogP contribution in [0, 0.1) is 0 Å². The molecule has 0 aromatic rings. The van der Waals surface area contributed by atoms with Gasteiger partial charge in [0.15, 0.2) is 0 Å². The molecule has 0 aliphatic carbocycles. The second-order valence-electron chi connectivity index (χ2n) is 4.77. The quantitative estimate of drug-likeness (QED) is 0.588. The Balaban J connectivity index is 2.33. The van der Waals surface area contributed by atoms with E-state index in [-0.39, 0.29) is 18.2 Å². The summed E-state index contributed by atoms with van der Waals surface area (Å²) in [5.41, 5.74) is 0. The van der Waals surface area contributed by atoms with Gasteiger partial charge in [-0.05, 0) is 6.42 Å². The molecule has 0 aromatic heterocycles. The van der Waals surface area contributed by atoms with E-state index in [0.29, 0.717) is 45.8 Å². The first-order valence-corrected chi connectivity index (χ1v) is 8.57. The van der Waals surface area contributed by atoms with Gasteiger partial charge in [-0.15, -0.1) is 0 Å². The molecular weight excluding hydrogens is 282 g/mol. The summed E-state index contributed by atoms with van der Waals surface area (Å²) in [5.74, 6) is 0.188. The standard InChI is InChI=1S/C12H25N3O4S/c1-3-10-20(17,18)15-7-5-14(6-8-15)12(16)11-13-4-9-19-2/h13H,3-11H2,1-2H3. The molecule has 1 fully saturated rings. The van der Waals surface area contributed by atoms with Gasteiger partial charge >= 0.3 is 0 Å². The van der Waals surface area contributed by atoms with E-state index < -0.39 is 10.0 Å². The summed E-state index contributed by atoms with van der Waals surface area (Å²) >= 11 is 0. The van der Waals surface area contributed by atoms with E-state index in [1.165, 1.54) is 4.31 Å². The number of amides is 1. The molecule has 0 atom stereocenters. The van der Waals surface area contributed by atoms with Crippen LogP contribution in [0.15, 0.2) is 0 Å². The van der Waals surface area contributed by atoms with Gasteiger partial charge in [-0.25, -0.2) is 8.42 Å². The van der Waals surface area contributed by atoms with Crippen LogP contribution in [-0.2, 0) is 19.6 Å². The van der Waals surface area contributed by atoms with Crippen molar-refractivity contribution in [2.24, 2.45) is 0 Å². The second kappa shape index (κ2) is 8.56. The molecule has 0 radical (unpaired) electrons. The van der Waals surface area contributed by atoms with E-state index in [2.05, 4.69) is 5.32 Å². The van der Waals surface area contributed by atoms with Crippen molar-refractivity contribution in [2.45, 2.75) is 13.3 Å². The Morgan fingerprint density at radius 2 is 1.90 bits per heavy atom. The third-order valence-corrected chi connectivity index (χ3v) is 5.28. The molecule has 1 aliphatic heterocycles. The number of nitrogens with one attached hydrogen (secondary N) is 1. The molecule has 1 aliphatic rings. The lowest BCUT2D eigenvalue weighted by Crippen LogP contribution is -2.52. The van der Waals surface area contributed by atoms with Crippen molar-refractivity contribution in [2.75, 3.05) is 58.7 Å². The fraction of sp³-hybridized carbons (Fsp3) is 0.917. The zero-order valence-electron chi connectivity index (χ0n) is 12.3. The SMILES string of the molecule is CCCS(=O)(=O)N1CCN(C(=O)CNCCOC)CC1. The Kier molecular flexibility index (Phi) is 7.42. The van der Waals surface area contributed by atoms with E-state index >= 15 is 0 Å². The highest BCUT2D eigenvalue weighted by Gasteiger charge is 2.27. The van der Waals surface area contributed by atoms with Crippen molar-refractivity contribution in [1.82, 2.24) is 14.5 Å². The Morgan fingerprint density at radius 3 is 2.45 bits per heavy atom. The molecule has 8 heteroatoms. The maximum absolute atomic E-state index is 11.9. The number of sulfonamides is 1. The topological polar surface area (TPSA) is 79.0 Å². The molecule has 1 saturated heterocycles. The van der Waals surface area contributed by atoms with Crippen LogP contribution in [0.4, 0.5) is 0 Å². The first kappa shape index (κ1) is 17.4. The summed E-state index contributed by atoms with van der Waals surface area (Å²) in [7, 11) is -1.53. The molecule has 0 unspecified atom stereocenters. The number of nitrogens with zero attached hydrogens (tertiary/aromatic N) is 2. The minimum absolute atomic E-state index is 0.00800. The Morgan fingerprint density at radius 1 is 1.25 bits per heavy atom. The van der Waals surface area contributed by atoms with Gasteiger partial charge < -0.3 is 15.0 Å². The maximum atomic E-state index is 11.9. The number of rotatable bonds is 8. The monoisotopic (exact) mass is 307 g/mol. The van der Waals surface area contributed by atoms with E-state index in [0.717, 1.165) is 0 Å². The highest BCUT2D eigenvalue weighted by molar-refractivity contribution is 7.89. The molecule has 1 amide bonds. The third kappa shape index (κ3) is 5.35. The molecular formula is C12H25N3O4S. The number of ether oxygens (including phenoxy) is 1. The van der Waals surface area contributed by atoms with Crippen molar-refractivity contribution >= 4 is 15.9 Å². The Hall–Kier alpha value is -0.700. The zero-order chi connectivity index (χ0) is 15.0. The molecule has 20 heavy (non-hydrogen) atoms. The number of carbonyl (C=O) groups excluding carboxylic acids is 1. The summed E-state index contributed by atoms with van der Waals surface area (Å²) in [6, 6.07) is 0. The number of methoxy groups -OCH3 is 1. The second-order valence-corrected chi connectivity index (χ2v) is 6.85. The Bertz CT molecular complexity index is 392. The van der Waals surface area contributed by atoms with Gasteiger partial charge in [0.1, 0.15) is 0 Å². The van der Waals surface area contributed by atoms with Crippen LogP contribution >= 0.6 is 0 Å². The van der Waals surface area contributed by atoms with Crippen LogP contribution in [0.2, 0.25) is 0 Å². The average Bonchev–Trinajstić information content (AvgIpc) is 2.43. The average molecular weight is 307 g/mol. The lowest BCUT2D eigenvalue weighted by atomic mass is 10.3. The summed E-state index contributed by atoms with van der Waals surface area (Å²) in [4.78, 5) is 13.6. The zero-order valence-corrected chi connectivity index (χ0v) is 13.1. The first-order valence-electron chi connectivity index (χ1n) is 6.96. The van der Waals surface area contributed by atoms with Gasteiger partial charge in [-0.1, -0.05) is 6.92 Å². The lowest BCUT2D eigenvalue weighted by molar-refractivity contribution is -0.131. The fourth-order valence-corrected chi connectivity index (χ4v) is 3.58. The fourth-order valence-electron chi connectivity index (χ4n) is 2.08. The van der Waals surface area contributed by atoms with Crippen molar-refractivity contribution in [3.63, 3.8) is 0 Å². The van der Waals surface area contributed by atoms with Crippen molar-refractivity contribution in [3.05, 3.63) is 0 Å².